The molecule has 4 nitrogen and oxygen atoms in total. The quantitative estimate of drug-likeness (QED) is 0.855. The van der Waals surface area contributed by atoms with E-state index in [1.54, 1.807) is 0 Å². The second-order valence-corrected chi connectivity index (χ2v) is 8.76. The molecular weight excluding hydrogens is 366 g/mol. The highest BCUT2D eigenvalue weighted by Crippen LogP contribution is 2.50. The summed E-state index contributed by atoms with van der Waals surface area (Å²) in [4.78, 5) is 4.09. The summed E-state index contributed by atoms with van der Waals surface area (Å²) < 4.78 is 52.1. The lowest BCUT2D eigenvalue weighted by Gasteiger charge is -2.35. The van der Waals surface area contributed by atoms with Gasteiger partial charge in [-0.25, -0.2) is 17.2 Å². The fourth-order valence-electron chi connectivity index (χ4n) is 2.79. The van der Waals surface area contributed by atoms with Gasteiger partial charge >= 0.3 is 0 Å². The number of nitrogens with zero attached hydrogens (tertiary/aromatic N) is 1. The van der Waals surface area contributed by atoms with Crippen LogP contribution in [0, 0.1) is 5.82 Å². The van der Waals surface area contributed by atoms with E-state index in [9.17, 15) is 17.2 Å². The number of hydrogen-bond donors (Lipinski definition) is 1. The van der Waals surface area contributed by atoms with Gasteiger partial charge in [-0.05, 0) is 31.0 Å². The first-order valence-corrected chi connectivity index (χ1v) is 8.80. The predicted molar refractivity (Wildman–Crippen MR) is 79.1 cm³/mol. The summed E-state index contributed by atoms with van der Waals surface area (Å²) in [6.07, 6.45) is 0.794. The Hall–Kier alpha value is -1.02. The predicted octanol–water partition coefficient (Wildman–Crippen LogP) is 2.07. The van der Waals surface area contributed by atoms with Crippen LogP contribution in [0.25, 0.3) is 0 Å². The van der Waals surface area contributed by atoms with Gasteiger partial charge in [0.25, 0.3) is 0 Å². The molecule has 1 fully saturated rings. The van der Waals surface area contributed by atoms with Gasteiger partial charge in [-0.3, -0.25) is 4.99 Å². The summed E-state index contributed by atoms with van der Waals surface area (Å²) in [6.45, 7) is -1.13. The lowest BCUT2D eigenvalue weighted by Crippen LogP contribution is -2.52. The van der Waals surface area contributed by atoms with Crippen molar-refractivity contribution in [3.05, 3.63) is 34.1 Å². The molecule has 0 unspecified atom stereocenters. The average molecular weight is 379 g/mol. The number of halogens is 3. The van der Waals surface area contributed by atoms with E-state index in [-0.39, 0.29) is 11.4 Å². The van der Waals surface area contributed by atoms with E-state index in [1.807, 2.05) is 0 Å². The number of aliphatic imine (C=N–C) groups is 1. The SMILES string of the molecule is NC1=N[C@@](CF)(c2cc(Br)ccc2F)CS(=O)(=O)C12CC2. The van der Waals surface area contributed by atoms with Crippen LogP contribution in [-0.4, -0.2) is 31.4 Å². The van der Waals surface area contributed by atoms with Crippen LogP contribution < -0.4 is 5.73 Å². The number of benzene rings is 1. The Bertz CT molecular complexity index is 747. The van der Waals surface area contributed by atoms with Gasteiger partial charge in [0.1, 0.15) is 28.6 Å². The van der Waals surface area contributed by atoms with Crippen LogP contribution >= 0.6 is 15.9 Å². The van der Waals surface area contributed by atoms with E-state index in [2.05, 4.69) is 20.9 Å². The van der Waals surface area contributed by atoms with Crippen molar-refractivity contribution >= 4 is 31.6 Å². The molecule has 1 spiro atoms. The molecule has 0 amide bonds. The molecule has 0 aromatic heterocycles. The minimum Gasteiger partial charge on any atom is -0.386 e. The number of alkyl halides is 1. The van der Waals surface area contributed by atoms with Crippen molar-refractivity contribution in [2.24, 2.45) is 10.7 Å². The Labute approximate surface area is 129 Å². The number of sulfone groups is 1. The highest BCUT2D eigenvalue weighted by atomic mass is 79.9. The van der Waals surface area contributed by atoms with Gasteiger partial charge in [0.15, 0.2) is 9.84 Å². The molecule has 0 radical (unpaired) electrons. The largest absolute Gasteiger partial charge is 0.386 e. The van der Waals surface area contributed by atoms with Crippen LogP contribution in [0.1, 0.15) is 18.4 Å². The second-order valence-electron chi connectivity index (χ2n) is 5.54. The third kappa shape index (κ3) is 2.03. The zero-order valence-corrected chi connectivity index (χ0v) is 13.3. The Balaban J connectivity index is 2.23. The lowest BCUT2D eigenvalue weighted by atomic mass is 9.93. The Morgan fingerprint density at radius 2 is 2.05 bits per heavy atom. The molecule has 0 bridgehead atoms. The molecule has 2 N–H and O–H groups in total. The monoisotopic (exact) mass is 378 g/mol. The summed E-state index contributed by atoms with van der Waals surface area (Å²) in [5.41, 5.74) is 3.90. The van der Waals surface area contributed by atoms with Crippen molar-refractivity contribution < 1.29 is 17.2 Å². The molecule has 1 aliphatic carbocycles. The maximum atomic E-state index is 14.1. The first kappa shape index (κ1) is 14.9. The molecule has 3 rings (SSSR count). The summed E-state index contributed by atoms with van der Waals surface area (Å²) in [7, 11) is -3.67. The minimum absolute atomic E-state index is 0.0959. The Morgan fingerprint density at radius 1 is 1.38 bits per heavy atom. The van der Waals surface area contributed by atoms with Crippen molar-refractivity contribution in [1.82, 2.24) is 0 Å². The van der Waals surface area contributed by atoms with Gasteiger partial charge in [-0.2, -0.15) is 0 Å². The molecule has 1 atom stereocenters. The lowest BCUT2D eigenvalue weighted by molar-refractivity contribution is 0.325. The number of hydrogen-bond acceptors (Lipinski definition) is 4. The smallest absolute Gasteiger partial charge is 0.166 e. The van der Waals surface area contributed by atoms with E-state index in [4.69, 9.17) is 5.73 Å². The molecular formula is C13H13BrF2N2O2S. The van der Waals surface area contributed by atoms with Crippen molar-refractivity contribution in [3.63, 3.8) is 0 Å². The van der Waals surface area contributed by atoms with Gasteiger partial charge in [0.2, 0.25) is 0 Å². The van der Waals surface area contributed by atoms with Crippen LogP contribution in [0.15, 0.2) is 27.7 Å². The first-order chi connectivity index (χ1) is 9.76. The van der Waals surface area contributed by atoms with E-state index < -0.39 is 38.4 Å². The maximum absolute atomic E-state index is 14.1. The topological polar surface area (TPSA) is 72.5 Å². The van der Waals surface area contributed by atoms with Crippen LogP contribution in [0.3, 0.4) is 0 Å². The van der Waals surface area contributed by atoms with Crippen LogP contribution in [0.4, 0.5) is 8.78 Å². The molecule has 0 saturated heterocycles. The fourth-order valence-corrected chi connectivity index (χ4v) is 5.44. The standard InChI is InChI=1S/C13H13BrF2N2O2S/c14-8-1-2-10(16)9(5-8)12(6-15)7-21(19,20)13(3-4-13)11(17)18-12/h1-2,5H,3-4,6-7H2,(H2,17,18)/t12-/m1/s1. The zero-order valence-electron chi connectivity index (χ0n) is 10.9. The maximum Gasteiger partial charge on any atom is 0.166 e. The number of rotatable bonds is 2. The average Bonchev–Trinajstić information content (AvgIpc) is 3.21. The summed E-state index contributed by atoms with van der Waals surface area (Å²) in [5, 5.41) is 0. The van der Waals surface area contributed by atoms with Crippen molar-refractivity contribution in [3.8, 4) is 0 Å². The van der Waals surface area contributed by atoms with Gasteiger partial charge < -0.3 is 5.73 Å². The minimum atomic E-state index is -3.67. The van der Waals surface area contributed by atoms with E-state index >= 15 is 0 Å². The second kappa shape index (κ2) is 4.49. The molecule has 1 aromatic rings. The van der Waals surface area contributed by atoms with Gasteiger partial charge in [0, 0.05) is 10.0 Å². The molecule has 2 aliphatic rings. The normalized spacial score (nSPS) is 29.2. The summed E-state index contributed by atoms with van der Waals surface area (Å²) in [6, 6.07) is 3.96. The molecule has 1 saturated carbocycles. The van der Waals surface area contributed by atoms with Gasteiger partial charge in [-0.1, -0.05) is 15.9 Å². The Kier molecular flexibility index (Phi) is 3.18. The number of amidine groups is 1. The van der Waals surface area contributed by atoms with Crippen LogP contribution in [0.5, 0.6) is 0 Å². The third-order valence-electron chi connectivity index (χ3n) is 4.18. The number of nitrogens with two attached hydrogens (primary N) is 1. The van der Waals surface area contributed by atoms with Gasteiger partial charge in [-0.15, -0.1) is 0 Å². The van der Waals surface area contributed by atoms with E-state index in [0.29, 0.717) is 17.3 Å². The zero-order chi connectivity index (χ0) is 15.5. The first-order valence-electron chi connectivity index (χ1n) is 6.36. The molecule has 1 aromatic carbocycles. The van der Waals surface area contributed by atoms with Crippen LogP contribution in [0.2, 0.25) is 0 Å². The Morgan fingerprint density at radius 3 is 2.57 bits per heavy atom. The van der Waals surface area contributed by atoms with Crippen LogP contribution in [-0.2, 0) is 15.4 Å². The van der Waals surface area contributed by atoms with Crippen molar-refractivity contribution in [2.45, 2.75) is 23.1 Å². The molecule has 8 heteroatoms. The summed E-state index contributed by atoms with van der Waals surface area (Å²) in [5.74, 6) is -1.37. The van der Waals surface area contributed by atoms with Gasteiger partial charge in [0.05, 0.1) is 5.75 Å². The van der Waals surface area contributed by atoms with E-state index in [0.717, 1.165) is 6.07 Å². The summed E-state index contributed by atoms with van der Waals surface area (Å²) >= 11 is 3.18. The molecule has 1 heterocycles. The molecule has 114 valence electrons. The van der Waals surface area contributed by atoms with E-state index in [1.165, 1.54) is 12.1 Å². The fraction of sp³-hybridized carbons (Fsp3) is 0.462. The third-order valence-corrected chi connectivity index (χ3v) is 7.34. The molecule has 21 heavy (non-hydrogen) atoms. The van der Waals surface area contributed by atoms with Crippen molar-refractivity contribution in [1.29, 1.82) is 0 Å². The van der Waals surface area contributed by atoms with Crippen molar-refractivity contribution in [2.75, 3.05) is 12.4 Å². The molecule has 1 aliphatic heterocycles. The highest BCUT2D eigenvalue weighted by Gasteiger charge is 2.63. The highest BCUT2D eigenvalue weighted by molar-refractivity contribution is 9.10.